The Morgan fingerprint density at radius 3 is 2.47 bits per heavy atom. The molecular formula is C13H9ClO3. The number of rotatable bonds is 3. The van der Waals surface area contributed by atoms with Crippen LogP contribution in [0.15, 0.2) is 48.5 Å². The van der Waals surface area contributed by atoms with Crippen molar-refractivity contribution in [1.29, 1.82) is 0 Å². The second kappa shape index (κ2) is 4.89. The van der Waals surface area contributed by atoms with Crippen LogP contribution in [0.1, 0.15) is 10.4 Å². The third kappa shape index (κ3) is 2.77. The van der Waals surface area contributed by atoms with Crippen molar-refractivity contribution in [1.82, 2.24) is 0 Å². The summed E-state index contributed by atoms with van der Waals surface area (Å²) in [5.74, 6) is -0.219. The minimum Gasteiger partial charge on any atom is -0.478 e. The Balaban J connectivity index is 2.36. The van der Waals surface area contributed by atoms with E-state index in [-0.39, 0.29) is 11.3 Å². The summed E-state index contributed by atoms with van der Waals surface area (Å²) in [6, 6.07) is 13.5. The second-order valence-electron chi connectivity index (χ2n) is 3.36. The van der Waals surface area contributed by atoms with E-state index in [0.717, 1.165) is 0 Å². The van der Waals surface area contributed by atoms with Crippen molar-refractivity contribution in [3.05, 3.63) is 59.1 Å². The maximum Gasteiger partial charge on any atom is 0.339 e. The number of hydrogen-bond donors (Lipinski definition) is 1. The van der Waals surface area contributed by atoms with Gasteiger partial charge in [0.25, 0.3) is 0 Å². The Labute approximate surface area is 103 Å². The molecule has 2 aromatic rings. The summed E-state index contributed by atoms with van der Waals surface area (Å²) < 4.78 is 5.49. The van der Waals surface area contributed by atoms with Gasteiger partial charge in [0, 0.05) is 5.02 Å². The average Bonchev–Trinajstić information content (AvgIpc) is 2.32. The summed E-state index contributed by atoms with van der Waals surface area (Å²) in [7, 11) is 0. The monoisotopic (exact) mass is 248 g/mol. The van der Waals surface area contributed by atoms with Crippen LogP contribution in [-0.2, 0) is 0 Å². The van der Waals surface area contributed by atoms with E-state index in [1.807, 2.05) is 18.2 Å². The molecule has 0 saturated carbocycles. The van der Waals surface area contributed by atoms with Crippen LogP contribution in [0, 0.1) is 0 Å². The lowest BCUT2D eigenvalue weighted by Crippen LogP contribution is -1.99. The smallest absolute Gasteiger partial charge is 0.339 e. The first-order valence-corrected chi connectivity index (χ1v) is 5.30. The van der Waals surface area contributed by atoms with Gasteiger partial charge in [-0.05, 0) is 30.3 Å². The van der Waals surface area contributed by atoms with Gasteiger partial charge in [-0.15, -0.1) is 0 Å². The number of benzene rings is 2. The molecule has 0 unspecified atom stereocenters. The van der Waals surface area contributed by atoms with Crippen molar-refractivity contribution < 1.29 is 14.6 Å². The van der Waals surface area contributed by atoms with Gasteiger partial charge < -0.3 is 9.84 Å². The lowest BCUT2D eigenvalue weighted by atomic mass is 10.2. The molecule has 4 heteroatoms. The third-order valence-corrected chi connectivity index (χ3v) is 2.38. The molecule has 0 spiro atoms. The molecule has 0 bridgehead atoms. The molecule has 0 amide bonds. The fourth-order valence-electron chi connectivity index (χ4n) is 1.37. The van der Waals surface area contributed by atoms with E-state index < -0.39 is 5.97 Å². The fraction of sp³-hybridized carbons (Fsp3) is 0. The highest BCUT2D eigenvalue weighted by Gasteiger charge is 2.12. The van der Waals surface area contributed by atoms with E-state index in [2.05, 4.69) is 0 Å². The van der Waals surface area contributed by atoms with Gasteiger partial charge in [-0.25, -0.2) is 4.79 Å². The molecule has 0 aliphatic rings. The number of carbonyl (C=O) groups is 1. The van der Waals surface area contributed by atoms with Crippen LogP contribution in [0.5, 0.6) is 11.5 Å². The highest BCUT2D eigenvalue weighted by molar-refractivity contribution is 6.31. The van der Waals surface area contributed by atoms with Crippen molar-refractivity contribution in [2.24, 2.45) is 0 Å². The van der Waals surface area contributed by atoms with Crippen molar-refractivity contribution in [2.45, 2.75) is 0 Å². The zero-order chi connectivity index (χ0) is 12.3. The molecule has 0 heterocycles. The molecular weight excluding hydrogens is 240 g/mol. The maximum absolute atomic E-state index is 11.0. The first kappa shape index (κ1) is 11.5. The summed E-state index contributed by atoms with van der Waals surface area (Å²) in [5, 5.41) is 9.39. The predicted octanol–water partition coefficient (Wildman–Crippen LogP) is 3.83. The summed E-state index contributed by atoms with van der Waals surface area (Å²) in [6.45, 7) is 0. The van der Waals surface area contributed by atoms with Gasteiger partial charge >= 0.3 is 5.97 Å². The lowest BCUT2D eigenvalue weighted by molar-refractivity contribution is 0.0694. The number of carboxylic acids is 1. The van der Waals surface area contributed by atoms with E-state index in [1.54, 1.807) is 24.3 Å². The molecule has 0 aromatic heterocycles. The largest absolute Gasteiger partial charge is 0.478 e. The lowest BCUT2D eigenvalue weighted by Gasteiger charge is -2.08. The molecule has 2 aromatic carbocycles. The van der Waals surface area contributed by atoms with E-state index in [4.69, 9.17) is 21.4 Å². The standard InChI is InChI=1S/C13H9ClO3/c14-9-6-7-12(11(8-9)13(15)16)17-10-4-2-1-3-5-10/h1-8H,(H,15,16). The van der Waals surface area contributed by atoms with Crippen LogP contribution >= 0.6 is 11.6 Å². The Kier molecular flexibility index (Phi) is 3.30. The molecule has 0 saturated heterocycles. The summed E-state index contributed by atoms with van der Waals surface area (Å²) in [6.07, 6.45) is 0. The highest BCUT2D eigenvalue weighted by atomic mass is 35.5. The van der Waals surface area contributed by atoms with Crippen molar-refractivity contribution >= 4 is 17.6 Å². The fourth-order valence-corrected chi connectivity index (χ4v) is 1.55. The van der Waals surface area contributed by atoms with Crippen LogP contribution in [0.2, 0.25) is 5.02 Å². The molecule has 2 rings (SSSR count). The average molecular weight is 249 g/mol. The number of halogens is 1. The van der Waals surface area contributed by atoms with Gasteiger partial charge in [0.2, 0.25) is 0 Å². The van der Waals surface area contributed by atoms with Gasteiger partial charge in [-0.3, -0.25) is 0 Å². The Morgan fingerprint density at radius 2 is 1.82 bits per heavy atom. The number of hydrogen-bond acceptors (Lipinski definition) is 2. The zero-order valence-corrected chi connectivity index (χ0v) is 9.52. The zero-order valence-electron chi connectivity index (χ0n) is 8.76. The highest BCUT2D eigenvalue weighted by Crippen LogP contribution is 2.27. The van der Waals surface area contributed by atoms with Crippen molar-refractivity contribution in [3.8, 4) is 11.5 Å². The molecule has 0 aliphatic heterocycles. The summed E-state index contributed by atoms with van der Waals surface area (Å²) in [4.78, 5) is 11.0. The quantitative estimate of drug-likeness (QED) is 0.898. The van der Waals surface area contributed by atoms with Crippen LogP contribution < -0.4 is 4.74 Å². The normalized spacial score (nSPS) is 9.94. The van der Waals surface area contributed by atoms with Gasteiger partial charge in [0.1, 0.15) is 17.1 Å². The van der Waals surface area contributed by atoms with Crippen LogP contribution in [0.25, 0.3) is 0 Å². The molecule has 17 heavy (non-hydrogen) atoms. The Morgan fingerprint density at radius 1 is 1.12 bits per heavy atom. The predicted molar refractivity (Wildman–Crippen MR) is 64.9 cm³/mol. The SMILES string of the molecule is O=C(O)c1cc(Cl)ccc1Oc1ccccc1. The van der Waals surface area contributed by atoms with Crippen LogP contribution in [0.4, 0.5) is 0 Å². The van der Waals surface area contributed by atoms with E-state index in [0.29, 0.717) is 10.8 Å². The van der Waals surface area contributed by atoms with Crippen LogP contribution in [0.3, 0.4) is 0 Å². The first-order valence-electron chi connectivity index (χ1n) is 4.92. The molecule has 1 N–H and O–H groups in total. The van der Waals surface area contributed by atoms with Gasteiger partial charge in [0.15, 0.2) is 0 Å². The molecule has 0 radical (unpaired) electrons. The summed E-state index contributed by atoms with van der Waals surface area (Å²) >= 11 is 5.74. The molecule has 0 atom stereocenters. The topological polar surface area (TPSA) is 46.5 Å². The summed E-state index contributed by atoms with van der Waals surface area (Å²) in [5.41, 5.74) is 0.0429. The van der Waals surface area contributed by atoms with E-state index >= 15 is 0 Å². The second-order valence-corrected chi connectivity index (χ2v) is 3.80. The number of aromatic carboxylic acids is 1. The van der Waals surface area contributed by atoms with E-state index in [1.165, 1.54) is 6.07 Å². The molecule has 0 aliphatic carbocycles. The number of carboxylic acid groups (broad SMARTS) is 1. The molecule has 86 valence electrons. The van der Waals surface area contributed by atoms with Crippen LogP contribution in [-0.4, -0.2) is 11.1 Å². The molecule has 3 nitrogen and oxygen atoms in total. The maximum atomic E-state index is 11.0. The Hall–Kier alpha value is -2.00. The minimum absolute atomic E-state index is 0.0429. The Bertz CT molecular complexity index is 538. The van der Waals surface area contributed by atoms with Crippen molar-refractivity contribution in [2.75, 3.05) is 0 Å². The first-order chi connectivity index (χ1) is 8.16. The number of ether oxygens (including phenoxy) is 1. The van der Waals surface area contributed by atoms with E-state index in [9.17, 15) is 4.79 Å². The minimum atomic E-state index is -1.07. The number of para-hydroxylation sites is 1. The molecule has 0 fully saturated rings. The van der Waals surface area contributed by atoms with Gasteiger partial charge in [-0.2, -0.15) is 0 Å². The van der Waals surface area contributed by atoms with Crippen molar-refractivity contribution in [3.63, 3.8) is 0 Å². The third-order valence-electron chi connectivity index (χ3n) is 2.14. The van der Waals surface area contributed by atoms with Gasteiger partial charge in [-0.1, -0.05) is 29.8 Å². The van der Waals surface area contributed by atoms with Gasteiger partial charge in [0.05, 0.1) is 0 Å².